The van der Waals surface area contributed by atoms with Gasteiger partial charge in [-0.05, 0) is 18.8 Å². The minimum atomic E-state index is 0.236. The summed E-state index contributed by atoms with van der Waals surface area (Å²) in [5, 5.41) is 0. The Hall–Kier alpha value is 0.400. The molecule has 0 aromatic heterocycles. The van der Waals surface area contributed by atoms with Crippen LogP contribution < -0.4 is 5.73 Å². The second-order valence-corrected chi connectivity index (χ2v) is 5.46. The fourth-order valence-electron chi connectivity index (χ4n) is 2.12. The van der Waals surface area contributed by atoms with E-state index in [0.717, 1.165) is 23.0 Å². The lowest BCUT2D eigenvalue weighted by atomic mass is 9.84. The van der Waals surface area contributed by atoms with Gasteiger partial charge >= 0.3 is 0 Å². The summed E-state index contributed by atoms with van der Waals surface area (Å²) >= 11 is 9.38. The zero-order valence-corrected chi connectivity index (χ0v) is 9.91. The topological polar surface area (TPSA) is 26.0 Å². The molecule has 0 aromatic carbocycles. The van der Waals surface area contributed by atoms with Crippen molar-refractivity contribution >= 4 is 29.0 Å². The third-order valence-corrected chi connectivity index (χ3v) is 3.61. The highest BCUT2D eigenvalue weighted by atomic mass is 32.1. The van der Waals surface area contributed by atoms with Crippen molar-refractivity contribution in [2.45, 2.75) is 45.1 Å². The van der Waals surface area contributed by atoms with Crippen LogP contribution >= 0.6 is 24.8 Å². The molecule has 13 heavy (non-hydrogen) atoms. The zero-order valence-electron chi connectivity index (χ0n) is 8.20. The van der Waals surface area contributed by atoms with Gasteiger partial charge in [-0.25, -0.2) is 0 Å². The third kappa shape index (κ3) is 3.56. The Labute approximate surface area is 91.9 Å². The standard InChI is InChI=1S/C10H19NS2/c1-7-4-2-3-5-8(10(12)13)9(11)6-7/h7-9H,2-6,11H2,1H3,(H,12,13). The van der Waals surface area contributed by atoms with E-state index >= 15 is 0 Å². The van der Waals surface area contributed by atoms with Crippen molar-refractivity contribution in [2.75, 3.05) is 0 Å². The van der Waals surface area contributed by atoms with Gasteiger partial charge in [-0.1, -0.05) is 38.4 Å². The highest BCUT2D eigenvalue weighted by Crippen LogP contribution is 2.27. The quantitative estimate of drug-likeness (QED) is 0.522. The Balaban J connectivity index is 2.56. The molecule has 0 spiro atoms. The monoisotopic (exact) mass is 217 g/mol. The SMILES string of the molecule is CC1CCCCC(C(=S)S)C(N)C1. The van der Waals surface area contributed by atoms with E-state index in [1.807, 2.05) is 0 Å². The number of nitrogens with two attached hydrogens (primary N) is 1. The molecule has 3 heteroatoms. The highest BCUT2D eigenvalue weighted by molar-refractivity contribution is 8.11. The Bertz CT molecular complexity index is 182. The smallest absolute Gasteiger partial charge is 0.0494 e. The minimum absolute atomic E-state index is 0.236. The predicted octanol–water partition coefficient (Wildman–Crippen LogP) is 2.79. The Kier molecular flexibility index (Phi) is 4.70. The first-order valence-corrected chi connectivity index (χ1v) is 5.95. The molecule has 1 aliphatic rings. The third-order valence-electron chi connectivity index (χ3n) is 2.97. The summed E-state index contributed by atoms with van der Waals surface area (Å²) in [5.74, 6) is 1.11. The fourth-order valence-corrected chi connectivity index (χ4v) is 2.74. The van der Waals surface area contributed by atoms with Crippen LogP contribution in [0.2, 0.25) is 0 Å². The molecule has 1 aliphatic carbocycles. The van der Waals surface area contributed by atoms with Crippen LogP contribution in [-0.4, -0.2) is 10.2 Å². The van der Waals surface area contributed by atoms with E-state index in [-0.39, 0.29) is 6.04 Å². The van der Waals surface area contributed by atoms with Crippen LogP contribution in [0.4, 0.5) is 0 Å². The molecule has 0 aliphatic heterocycles. The van der Waals surface area contributed by atoms with Crippen molar-refractivity contribution in [1.29, 1.82) is 0 Å². The second kappa shape index (κ2) is 5.32. The van der Waals surface area contributed by atoms with Gasteiger partial charge in [-0.2, -0.15) is 0 Å². The van der Waals surface area contributed by atoms with Gasteiger partial charge in [0.15, 0.2) is 0 Å². The molecule has 1 saturated carbocycles. The maximum absolute atomic E-state index is 6.10. The lowest BCUT2D eigenvalue weighted by molar-refractivity contribution is 0.337. The Morgan fingerprint density at radius 3 is 2.62 bits per heavy atom. The normalized spacial score (nSPS) is 36.4. The molecule has 3 atom stereocenters. The van der Waals surface area contributed by atoms with Crippen molar-refractivity contribution in [3.05, 3.63) is 0 Å². The van der Waals surface area contributed by atoms with Crippen molar-refractivity contribution in [3.8, 4) is 0 Å². The molecule has 76 valence electrons. The van der Waals surface area contributed by atoms with Gasteiger partial charge in [0.2, 0.25) is 0 Å². The Morgan fingerprint density at radius 2 is 2.00 bits per heavy atom. The van der Waals surface area contributed by atoms with E-state index in [1.54, 1.807) is 0 Å². The maximum Gasteiger partial charge on any atom is 0.0494 e. The van der Waals surface area contributed by atoms with Gasteiger partial charge in [0.25, 0.3) is 0 Å². The van der Waals surface area contributed by atoms with Crippen LogP contribution in [0.15, 0.2) is 0 Å². The summed E-state index contributed by atoms with van der Waals surface area (Å²) in [7, 11) is 0. The molecule has 1 nitrogen and oxygen atoms in total. The molecule has 0 aromatic rings. The molecule has 0 heterocycles. The summed E-state index contributed by atoms with van der Waals surface area (Å²) in [6.07, 6.45) is 6.13. The average Bonchev–Trinajstić information content (AvgIpc) is 1.99. The number of thiol groups is 1. The average molecular weight is 217 g/mol. The molecule has 3 unspecified atom stereocenters. The van der Waals surface area contributed by atoms with Gasteiger partial charge in [0.1, 0.15) is 0 Å². The van der Waals surface area contributed by atoms with Crippen molar-refractivity contribution in [2.24, 2.45) is 17.6 Å². The lowest BCUT2D eigenvalue weighted by Gasteiger charge is -2.28. The van der Waals surface area contributed by atoms with Crippen LogP contribution in [0.25, 0.3) is 0 Å². The predicted molar refractivity (Wildman–Crippen MR) is 65.3 cm³/mol. The molecule has 0 amide bonds. The molecular formula is C10H19NS2. The first-order valence-electron chi connectivity index (χ1n) is 5.09. The van der Waals surface area contributed by atoms with Gasteiger partial charge in [0, 0.05) is 16.2 Å². The summed E-state index contributed by atoms with van der Waals surface area (Å²) in [4.78, 5) is 0. The molecule has 1 rings (SSSR count). The summed E-state index contributed by atoms with van der Waals surface area (Å²) in [5.41, 5.74) is 6.10. The van der Waals surface area contributed by atoms with E-state index in [2.05, 4.69) is 19.6 Å². The van der Waals surface area contributed by atoms with E-state index in [4.69, 9.17) is 18.0 Å². The summed E-state index contributed by atoms with van der Waals surface area (Å²) < 4.78 is 0.807. The van der Waals surface area contributed by atoms with E-state index < -0.39 is 0 Å². The van der Waals surface area contributed by atoms with Crippen molar-refractivity contribution in [3.63, 3.8) is 0 Å². The first-order chi connectivity index (χ1) is 6.11. The van der Waals surface area contributed by atoms with Gasteiger partial charge in [0.05, 0.1) is 0 Å². The number of thiocarbonyl (C=S) groups is 1. The molecule has 0 saturated heterocycles. The van der Waals surface area contributed by atoms with Gasteiger partial charge in [-0.15, -0.1) is 12.6 Å². The highest BCUT2D eigenvalue weighted by Gasteiger charge is 2.23. The van der Waals surface area contributed by atoms with Crippen molar-refractivity contribution < 1.29 is 0 Å². The van der Waals surface area contributed by atoms with E-state index in [9.17, 15) is 0 Å². The number of rotatable bonds is 1. The Morgan fingerprint density at radius 1 is 1.38 bits per heavy atom. The van der Waals surface area contributed by atoms with Gasteiger partial charge < -0.3 is 5.73 Å². The molecule has 1 fully saturated rings. The number of hydrogen-bond donors (Lipinski definition) is 2. The minimum Gasteiger partial charge on any atom is -0.327 e. The number of hydrogen-bond acceptors (Lipinski definition) is 2. The molecule has 0 bridgehead atoms. The van der Waals surface area contributed by atoms with Crippen LogP contribution in [0, 0.1) is 11.8 Å². The van der Waals surface area contributed by atoms with Crippen LogP contribution in [0.1, 0.15) is 39.0 Å². The van der Waals surface area contributed by atoms with Crippen molar-refractivity contribution in [1.82, 2.24) is 0 Å². The lowest BCUT2D eigenvalue weighted by Crippen LogP contribution is -2.35. The van der Waals surface area contributed by atoms with E-state index in [0.29, 0.717) is 5.92 Å². The molecule has 0 radical (unpaired) electrons. The van der Waals surface area contributed by atoms with E-state index in [1.165, 1.54) is 19.3 Å². The fraction of sp³-hybridized carbons (Fsp3) is 0.900. The zero-order chi connectivity index (χ0) is 9.84. The second-order valence-electron chi connectivity index (χ2n) is 4.23. The summed E-state index contributed by atoms with van der Waals surface area (Å²) in [6, 6.07) is 0.236. The first kappa shape index (κ1) is 11.5. The summed E-state index contributed by atoms with van der Waals surface area (Å²) in [6.45, 7) is 2.28. The molecular weight excluding hydrogens is 198 g/mol. The van der Waals surface area contributed by atoms with Crippen LogP contribution in [0.5, 0.6) is 0 Å². The molecule has 2 N–H and O–H groups in total. The maximum atomic E-state index is 6.10. The van der Waals surface area contributed by atoms with Crippen LogP contribution in [-0.2, 0) is 0 Å². The van der Waals surface area contributed by atoms with Crippen LogP contribution in [0.3, 0.4) is 0 Å². The largest absolute Gasteiger partial charge is 0.327 e. The van der Waals surface area contributed by atoms with Gasteiger partial charge in [-0.3, -0.25) is 0 Å².